The third kappa shape index (κ3) is 4.95. The van der Waals surface area contributed by atoms with Gasteiger partial charge in [0.05, 0.1) is 11.7 Å². The Morgan fingerprint density at radius 1 is 1.00 bits per heavy atom. The quantitative estimate of drug-likeness (QED) is 0.299. The van der Waals surface area contributed by atoms with Crippen LogP contribution in [0, 0.1) is 46.3 Å². The van der Waals surface area contributed by atoms with E-state index >= 15 is 0 Å². The molecule has 3 heteroatoms. The average Bonchev–Trinajstić information content (AvgIpc) is 3.22. The molecule has 3 saturated carbocycles. The van der Waals surface area contributed by atoms with Gasteiger partial charge in [0, 0.05) is 6.42 Å². The monoisotopic (exact) mass is 506 g/mol. The number of ether oxygens (including phenoxy) is 1. The molecule has 37 heavy (non-hydrogen) atoms. The maximum atomic E-state index is 12.7. The Balaban J connectivity index is 1.29. The van der Waals surface area contributed by atoms with Gasteiger partial charge in [0.2, 0.25) is 0 Å². The number of carbonyl (C=O) groups is 1. The summed E-state index contributed by atoms with van der Waals surface area (Å²) >= 11 is 0. The maximum Gasteiger partial charge on any atom is 0.338 e. The highest BCUT2D eigenvalue weighted by atomic mass is 16.5. The van der Waals surface area contributed by atoms with Crippen LogP contribution in [0.5, 0.6) is 0 Å². The zero-order chi connectivity index (χ0) is 26.4. The van der Waals surface area contributed by atoms with Crippen LogP contribution in [0.15, 0.2) is 42.0 Å². The number of benzene rings is 1. The van der Waals surface area contributed by atoms with Crippen LogP contribution in [0.2, 0.25) is 0 Å². The van der Waals surface area contributed by atoms with Crippen LogP contribution < -0.4 is 0 Å². The van der Waals surface area contributed by atoms with Gasteiger partial charge in [-0.25, -0.2) is 4.79 Å². The Labute approximate surface area is 225 Å². The minimum Gasteiger partial charge on any atom is -0.458 e. The lowest BCUT2D eigenvalue weighted by atomic mass is 9.46. The van der Waals surface area contributed by atoms with Crippen molar-refractivity contribution in [3.05, 3.63) is 47.5 Å². The summed E-state index contributed by atoms with van der Waals surface area (Å²) in [6.07, 6.45) is 13.7. The zero-order valence-electron chi connectivity index (χ0n) is 23.9. The number of carbonyl (C=O) groups excluding carboxylic acids is 1. The highest BCUT2D eigenvalue weighted by Crippen LogP contribution is 2.67. The van der Waals surface area contributed by atoms with E-state index in [1.807, 2.05) is 30.3 Å². The fraction of sp³-hybridized carbons (Fsp3) is 0.735. The third-order valence-electron chi connectivity index (χ3n) is 11.6. The minimum absolute atomic E-state index is 0.0906. The molecule has 3 fully saturated rings. The van der Waals surface area contributed by atoms with E-state index in [2.05, 4.69) is 40.7 Å². The topological polar surface area (TPSA) is 46.5 Å². The molecule has 0 aromatic heterocycles. The van der Waals surface area contributed by atoms with Gasteiger partial charge < -0.3 is 9.84 Å². The van der Waals surface area contributed by atoms with Crippen LogP contribution in [0.4, 0.5) is 0 Å². The van der Waals surface area contributed by atoms with Gasteiger partial charge in [-0.1, -0.05) is 83.7 Å². The van der Waals surface area contributed by atoms with Crippen LogP contribution in [-0.2, 0) is 4.74 Å². The van der Waals surface area contributed by atoms with Crippen molar-refractivity contribution in [3.8, 4) is 0 Å². The lowest BCUT2D eigenvalue weighted by Crippen LogP contribution is -2.55. The van der Waals surface area contributed by atoms with Gasteiger partial charge in [-0.05, 0) is 97.0 Å². The summed E-state index contributed by atoms with van der Waals surface area (Å²) in [5, 5.41) is 11.6. The first-order chi connectivity index (χ1) is 17.6. The molecule has 0 bridgehead atoms. The lowest BCUT2D eigenvalue weighted by Gasteiger charge is -2.59. The van der Waals surface area contributed by atoms with Crippen molar-refractivity contribution < 1.29 is 14.6 Å². The number of aliphatic hydroxyl groups is 1. The van der Waals surface area contributed by atoms with Crippen molar-refractivity contribution in [1.82, 2.24) is 0 Å². The highest BCUT2D eigenvalue weighted by molar-refractivity contribution is 5.89. The Hall–Kier alpha value is -1.61. The van der Waals surface area contributed by atoms with E-state index in [4.69, 9.17) is 4.74 Å². The predicted molar refractivity (Wildman–Crippen MR) is 150 cm³/mol. The zero-order valence-corrected chi connectivity index (χ0v) is 23.9. The molecular weight excluding hydrogens is 456 g/mol. The SMILES string of the molecule is CC(C)CCC[C@@H](C)[C@H]1CC[C@H]2[C@@H]3C(O)C=C4CC(OC(=O)c5ccccc5)CC[C@]4(C)[C@H]3CC[C@]12C. The molecule has 1 aromatic carbocycles. The molecule has 0 heterocycles. The molecule has 0 saturated heterocycles. The number of rotatable bonds is 7. The summed E-state index contributed by atoms with van der Waals surface area (Å²) < 4.78 is 5.95. The normalized spacial score (nSPS) is 39.8. The van der Waals surface area contributed by atoms with Crippen molar-refractivity contribution in [2.24, 2.45) is 46.3 Å². The highest BCUT2D eigenvalue weighted by Gasteiger charge is 2.61. The molecule has 5 rings (SSSR count). The summed E-state index contributed by atoms with van der Waals surface area (Å²) in [6.45, 7) is 12.2. The number of fused-ring (bicyclic) bond motifs is 5. The molecule has 2 unspecified atom stereocenters. The fourth-order valence-corrected chi connectivity index (χ4v) is 9.53. The van der Waals surface area contributed by atoms with E-state index < -0.39 is 0 Å². The first-order valence-corrected chi connectivity index (χ1v) is 15.3. The number of aliphatic hydroxyl groups excluding tert-OH is 1. The number of hydrogen-bond donors (Lipinski definition) is 1. The van der Waals surface area contributed by atoms with Crippen LogP contribution in [-0.4, -0.2) is 23.3 Å². The Bertz CT molecular complexity index is 982. The molecule has 0 amide bonds. The third-order valence-corrected chi connectivity index (χ3v) is 11.6. The summed E-state index contributed by atoms with van der Waals surface area (Å²) in [5.74, 6) is 3.70. The van der Waals surface area contributed by atoms with Gasteiger partial charge in [-0.2, -0.15) is 0 Å². The van der Waals surface area contributed by atoms with Gasteiger partial charge in [-0.15, -0.1) is 0 Å². The summed E-state index contributed by atoms with van der Waals surface area (Å²) in [7, 11) is 0. The molecule has 1 N–H and O–H groups in total. The van der Waals surface area contributed by atoms with Crippen molar-refractivity contribution in [2.75, 3.05) is 0 Å². The van der Waals surface area contributed by atoms with Gasteiger partial charge in [-0.3, -0.25) is 0 Å². The molecule has 4 aliphatic rings. The van der Waals surface area contributed by atoms with E-state index in [0.717, 1.165) is 37.0 Å². The van der Waals surface area contributed by atoms with Crippen molar-refractivity contribution in [1.29, 1.82) is 0 Å². The van der Waals surface area contributed by atoms with Gasteiger partial charge in [0.1, 0.15) is 6.10 Å². The standard InChI is InChI=1S/C34H50O3/c1-22(2)10-9-11-23(3)27-14-15-28-31-29(17-19-34(27,28)5)33(4)18-16-26(20-25(33)21-30(31)35)37-32(36)24-12-7-6-8-13-24/h6-8,12-13,21-23,26-31,35H,9-11,14-20H2,1-5H3/t23-,26?,27-,28+,29+,30?,31+,33+,34-/m1/s1. The number of esters is 1. The molecule has 204 valence electrons. The van der Waals surface area contributed by atoms with Crippen molar-refractivity contribution in [3.63, 3.8) is 0 Å². The molecule has 0 aliphatic heterocycles. The smallest absolute Gasteiger partial charge is 0.338 e. The van der Waals surface area contributed by atoms with Gasteiger partial charge >= 0.3 is 5.97 Å². The summed E-state index contributed by atoms with van der Waals surface area (Å²) in [5.41, 5.74) is 2.46. The van der Waals surface area contributed by atoms with E-state index in [9.17, 15) is 9.90 Å². The molecule has 0 radical (unpaired) electrons. The predicted octanol–water partition coefficient (Wildman–Crippen LogP) is 8.22. The molecule has 1 aromatic rings. The van der Waals surface area contributed by atoms with Crippen molar-refractivity contribution >= 4 is 5.97 Å². The van der Waals surface area contributed by atoms with Crippen molar-refractivity contribution in [2.45, 2.75) is 111 Å². The molecule has 9 atom stereocenters. The molecule has 3 nitrogen and oxygen atoms in total. The molecular formula is C34H50O3. The number of hydrogen-bond acceptors (Lipinski definition) is 3. The largest absolute Gasteiger partial charge is 0.458 e. The second-order valence-electron chi connectivity index (χ2n) is 14.1. The fourth-order valence-electron chi connectivity index (χ4n) is 9.53. The summed E-state index contributed by atoms with van der Waals surface area (Å²) in [6, 6.07) is 9.32. The van der Waals surface area contributed by atoms with E-state index in [1.165, 1.54) is 50.5 Å². The average molecular weight is 507 g/mol. The van der Waals surface area contributed by atoms with E-state index in [1.54, 1.807) is 0 Å². The molecule has 0 spiro atoms. The van der Waals surface area contributed by atoms with Gasteiger partial charge in [0.25, 0.3) is 0 Å². The minimum atomic E-state index is -0.365. The first-order valence-electron chi connectivity index (χ1n) is 15.3. The van der Waals surface area contributed by atoms with E-state index in [-0.39, 0.29) is 23.6 Å². The van der Waals surface area contributed by atoms with Gasteiger partial charge in [0.15, 0.2) is 0 Å². The molecule has 4 aliphatic carbocycles. The van der Waals surface area contributed by atoms with Crippen LogP contribution in [0.3, 0.4) is 0 Å². The Kier molecular flexibility index (Phi) is 7.66. The first kappa shape index (κ1) is 27.0. The maximum absolute atomic E-state index is 12.7. The summed E-state index contributed by atoms with van der Waals surface area (Å²) in [4.78, 5) is 12.7. The van der Waals surface area contributed by atoms with Crippen LogP contribution in [0.25, 0.3) is 0 Å². The Morgan fingerprint density at radius 3 is 2.49 bits per heavy atom. The van der Waals surface area contributed by atoms with Crippen LogP contribution >= 0.6 is 0 Å². The lowest BCUT2D eigenvalue weighted by molar-refractivity contribution is -0.0978. The second kappa shape index (κ2) is 10.5. The van der Waals surface area contributed by atoms with Crippen LogP contribution in [0.1, 0.15) is 109 Å². The second-order valence-corrected chi connectivity index (χ2v) is 14.1. The Morgan fingerprint density at radius 2 is 1.76 bits per heavy atom. The van der Waals surface area contributed by atoms with E-state index in [0.29, 0.717) is 28.7 Å².